The van der Waals surface area contributed by atoms with E-state index in [9.17, 15) is 14.7 Å². The van der Waals surface area contributed by atoms with Gasteiger partial charge in [-0.3, -0.25) is 9.59 Å². The molecule has 6 heteroatoms. The lowest BCUT2D eigenvalue weighted by Gasteiger charge is -2.41. The Morgan fingerprint density at radius 2 is 1.75 bits per heavy atom. The summed E-state index contributed by atoms with van der Waals surface area (Å²) in [6.45, 7) is 0. The fraction of sp³-hybridized carbons (Fsp3) is 0.444. The standard InChI is InChI=1S/C18H20O6/c1-22-13-5-4-9(6-14(13)23-2)16-12(20)7-10-11(19)8-15(24-3)17(16)18(10)21/h4-6,8,10,12,16-17,20H,7H2,1-3H3/t10-,12+,16-,17-/m1/s1. The molecule has 128 valence electrons. The van der Waals surface area contributed by atoms with E-state index in [1.807, 2.05) is 0 Å². The summed E-state index contributed by atoms with van der Waals surface area (Å²) in [6.07, 6.45) is 0.690. The predicted molar refractivity (Wildman–Crippen MR) is 85.0 cm³/mol. The zero-order chi connectivity index (χ0) is 17.4. The van der Waals surface area contributed by atoms with Crippen LogP contribution in [0.5, 0.6) is 11.5 Å². The monoisotopic (exact) mass is 332 g/mol. The molecule has 2 bridgehead atoms. The number of carbonyl (C=O) groups excluding carboxylic acids is 2. The number of benzene rings is 1. The SMILES string of the molecule is COC1=CC(=O)[C@H]2C[C@H](O)[C@@H](c3ccc(OC)c(OC)c3)[C@@H]1C2=O. The second-order valence-electron chi connectivity index (χ2n) is 6.03. The molecular weight excluding hydrogens is 312 g/mol. The van der Waals surface area contributed by atoms with Gasteiger partial charge in [-0.2, -0.15) is 0 Å². The van der Waals surface area contributed by atoms with Crippen molar-refractivity contribution < 1.29 is 28.9 Å². The molecule has 0 aliphatic heterocycles. The Kier molecular flexibility index (Phi) is 4.32. The molecule has 0 spiro atoms. The quantitative estimate of drug-likeness (QED) is 0.841. The van der Waals surface area contributed by atoms with E-state index >= 15 is 0 Å². The van der Waals surface area contributed by atoms with Crippen LogP contribution < -0.4 is 9.47 Å². The molecule has 2 aliphatic rings. The number of rotatable bonds is 4. The summed E-state index contributed by atoms with van der Waals surface area (Å²) < 4.78 is 15.8. The summed E-state index contributed by atoms with van der Waals surface area (Å²) in [6, 6.07) is 5.29. The Labute approximate surface area is 140 Å². The topological polar surface area (TPSA) is 82.1 Å². The minimum atomic E-state index is -0.821. The van der Waals surface area contributed by atoms with Crippen LogP contribution in [-0.4, -0.2) is 44.1 Å². The van der Waals surface area contributed by atoms with E-state index in [-0.39, 0.29) is 18.0 Å². The number of Topliss-reactive ketones (excluding diaryl/α,β-unsaturated/α-hetero) is 1. The summed E-state index contributed by atoms with van der Waals surface area (Å²) in [5.74, 6) is -1.03. The van der Waals surface area contributed by atoms with E-state index in [2.05, 4.69) is 0 Å². The third kappa shape index (κ3) is 2.47. The molecule has 2 aliphatic carbocycles. The van der Waals surface area contributed by atoms with E-state index in [4.69, 9.17) is 14.2 Å². The van der Waals surface area contributed by atoms with Crippen LogP contribution in [0.1, 0.15) is 17.9 Å². The van der Waals surface area contributed by atoms with Crippen LogP contribution in [0.2, 0.25) is 0 Å². The second-order valence-corrected chi connectivity index (χ2v) is 6.03. The smallest absolute Gasteiger partial charge is 0.169 e. The minimum Gasteiger partial charge on any atom is -0.500 e. The molecule has 0 unspecified atom stereocenters. The summed E-state index contributed by atoms with van der Waals surface area (Å²) >= 11 is 0. The normalized spacial score (nSPS) is 29.1. The molecule has 0 aromatic heterocycles. The number of aliphatic hydroxyl groups is 1. The van der Waals surface area contributed by atoms with Gasteiger partial charge in [0.15, 0.2) is 23.1 Å². The van der Waals surface area contributed by atoms with E-state index in [0.29, 0.717) is 17.3 Å². The Balaban J connectivity index is 2.08. The van der Waals surface area contributed by atoms with E-state index in [1.165, 1.54) is 20.3 Å². The second kappa shape index (κ2) is 6.28. The summed E-state index contributed by atoms with van der Waals surface area (Å²) in [5.41, 5.74) is 0.745. The number of ketones is 2. The first-order valence-corrected chi connectivity index (χ1v) is 7.75. The average molecular weight is 332 g/mol. The lowest BCUT2D eigenvalue weighted by molar-refractivity contribution is -0.141. The highest BCUT2D eigenvalue weighted by atomic mass is 16.5. The molecule has 1 fully saturated rings. The van der Waals surface area contributed by atoms with Crippen molar-refractivity contribution >= 4 is 11.6 Å². The van der Waals surface area contributed by atoms with Crippen molar-refractivity contribution in [3.05, 3.63) is 35.6 Å². The number of hydrogen-bond donors (Lipinski definition) is 1. The Hall–Kier alpha value is -2.34. The van der Waals surface area contributed by atoms with Crippen LogP contribution in [0.15, 0.2) is 30.0 Å². The number of allylic oxidation sites excluding steroid dienone is 2. The van der Waals surface area contributed by atoms with Gasteiger partial charge < -0.3 is 19.3 Å². The van der Waals surface area contributed by atoms with Crippen molar-refractivity contribution in [2.75, 3.05) is 21.3 Å². The molecule has 4 atom stereocenters. The third-order valence-corrected chi connectivity index (χ3v) is 4.86. The van der Waals surface area contributed by atoms with Crippen LogP contribution in [0, 0.1) is 11.8 Å². The maximum Gasteiger partial charge on any atom is 0.169 e. The minimum absolute atomic E-state index is 0.126. The molecule has 0 radical (unpaired) electrons. The van der Waals surface area contributed by atoms with Gasteiger partial charge in [-0.25, -0.2) is 0 Å². The van der Waals surface area contributed by atoms with Crippen molar-refractivity contribution in [2.24, 2.45) is 11.8 Å². The zero-order valence-electron chi connectivity index (χ0n) is 13.8. The lowest BCUT2D eigenvalue weighted by Crippen LogP contribution is -2.48. The van der Waals surface area contributed by atoms with Gasteiger partial charge in [-0.15, -0.1) is 0 Å². The van der Waals surface area contributed by atoms with Crippen LogP contribution in [-0.2, 0) is 14.3 Å². The summed E-state index contributed by atoms with van der Waals surface area (Å²) in [7, 11) is 4.50. The van der Waals surface area contributed by atoms with Gasteiger partial charge in [0.05, 0.1) is 39.3 Å². The van der Waals surface area contributed by atoms with Gasteiger partial charge in [-0.1, -0.05) is 6.07 Å². The predicted octanol–water partition coefficient (Wildman–Crippen LogP) is 1.47. The summed E-state index contributed by atoms with van der Waals surface area (Å²) in [5, 5.41) is 10.6. The maximum absolute atomic E-state index is 12.7. The molecule has 24 heavy (non-hydrogen) atoms. The molecule has 0 amide bonds. The Morgan fingerprint density at radius 1 is 1.04 bits per heavy atom. The van der Waals surface area contributed by atoms with Gasteiger partial charge in [-0.05, 0) is 24.1 Å². The van der Waals surface area contributed by atoms with Gasteiger partial charge in [0.1, 0.15) is 5.76 Å². The van der Waals surface area contributed by atoms with Gasteiger partial charge >= 0.3 is 0 Å². The number of ether oxygens (including phenoxy) is 3. The highest BCUT2D eigenvalue weighted by Gasteiger charge is 2.51. The first-order chi connectivity index (χ1) is 11.5. The molecule has 1 aromatic rings. The third-order valence-electron chi connectivity index (χ3n) is 4.86. The van der Waals surface area contributed by atoms with Crippen molar-refractivity contribution in [1.82, 2.24) is 0 Å². The van der Waals surface area contributed by atoms with E-state index < -0.39 is 23.9 Å². The molecule has 1 saturated carbocycles. The van der Waals surface area contributed by atoms with Gasteiger partial charge in [0, 0.05) is 12.0 Å². The van der Waals surface area contributed by atoms with Crippen LogP contribution in [0.25, 0.3) is 0 Å². The zero-order valence-corrected chi connectivity index (χ0v) is 13.8. The highest BCUT2D eigenvalue weighted by molar-refractivity contribution is 6.12. The molecular formula is C18H20O6. The molecule has 0 heterocycles. The highest BCUT2D eigenvalue weighted by Crippen LogP contribution is 2.46. The molecule has 1 N–H and O–H groups in total. The largest absolute Gasteiger partial charge is 0.500 e. The van der Waals surface area contributed by atoms with Crippen LogP contribution in [0.3, 0.4) is 0 Å². The van der Waals surface area contributed by atoms with Crippen molar-refractivity contribution in [3.63, 3.8) is 0 Å². The Morgan fingerprint density at radius 3 is 2.38 bits per heavy atom. The van der Waals surface area contributed by atoms with Crippen LogP contribution >= 0.6 is 0 Å². The van der Waals surface area contributed by atoms with Gasteiger partial charge in [0.2, 0.25) is 0 Å². The first kappa shape index (κ1) is 16.5. The van der Waals surface area contributed by atoms with Crippen LogP contribution in [0.4, 0.5) is 0 Å². The number of carbonyl (C=O) groups is 2. The average Bonchev–Trinajstić information content (AvgIpc) is 2.59. The first-order valence-electron chi connectivity index (χ1n) is 7.75. The fourth-order valence-electron chi connectivity index (χ4n) is 3.68. The molecule has 6 nitrogen and oxygen atoms in total. The van der Waals surface area contributed by atoms with Crippen molar-refractivity contribution in [3.8, 4) is 11.5 Å². The molecule has 0 saturated heterocycles. The summed E-state index contributed by atoms with van der Waals surface area (Å²) in [4.78, 5) is 24.7. The van der Waals surface area contributed by atoms with E-state index in [0.717, 1.165) is 5.56 Å². The van der Waals surface area contributed by atoms with Gasteiger partial charge in [0.25, 0.3) is 0 Å². The molecule has 1 aromatic carbocycles. The van der Waals surface area contributed by atoms with Crippen molar-refractivity contribution in [2.45, 2.75) is 18.4 Å². The fourth-order valence-corrected chi connectivity index (χ4v) is 3.68. The number of fused-ring (bicyclic) bond motifs is 2. The number of methoxy groups -OCH3 is 3. The van der Waals surface area contributed by atoms with E-state index in [1.54, 1.807) is 25.3 Å². The Bertz CT molecular complexity index is 707. The number of aliphatic hydroxyl groups excluding tert-OH is 1. The lowest BCUT2D eigenvalue weighted by atomic mass is 9.64. The molecule has 3 rings (SSSR count). The van der Waals surface area contributed by atoms with Crippen molar-refractivity contribution in [1.29, 1.82) is 0 Å². The maximum atomic E-state index is 12.7. The number of hydrogen-bond acceptors (Lipinski definition) is 6.